The van der Waals surface area contributed by atoms with E-state index in [1.165, 1.54) is 11.1 Å². The van der Waals surface area contributed by atoms with Gasteiger partial charge in [-0.15, -0.1) is 0 Å². The Morgan fingerprint density at radius 2 is 1.92 bits per heavy atom. The third-order valence-corrected chi connectivity index (χ3v) is 7.48. The van der Waals surface area contributed by atoms with Gasteiger partial charge in [-0.1, -0.05) is 6.07 Å². The molecule has 26 heavy (non-hydrogen) atoms. The molecule has 6 nitrogen and oxygen atoms in total. The summed E-state index contributed by atoms with van der Waals surface area (Å²) in [7, 11) is 0.206. The Kier molecular flexibility index (Phi) is 5.99. The number of piperidine rings is 1. The molecule has 1 aromatic carbocycles. The van der Waals surface area contributed by atoms with Crippen molar-refractivity contribution in [2.45, 2.75) is 37.0 Å². The largest absolute Gasteiger partial charge is 0.344 e. The van der Waals surface area contributed by atoms with Crippen LogP contribution in [0.4, 0.5) is 0 Å². The second kappa shape index (κ2) is 8.06. The van der Waals surface area contributed by atoms with Crippen molar-refractivity contribution in [2.75, 3.05) is 40.3 Å². The molecule has 1 N–H and O–H groups in total. The molecule has 1 heterocycles. The van der Waals surface area contributed by atoms with Gasteiger partial charge in [0.1, 0.15) is 0 Å². The number of carbonyl (C=O) groups excluding carboxylic acids is 1. The molecule has 1 fully saturated rings. The van der Waals surface area contributed by atoms with Crippen molar-refractivity contribution < 1.29 is 13.2 Å². The molecule has 1 saturated heterocycles. The fourth-order valence-electron chi connectivity index (χ4n) is 3.90. The lowest BCUT2D eigenvalue weighted by molar-refractivity contribution is -0.135. The number of nitrogens with zero attached hydrogens (tertiary/aromatic N) is 2. The smallest absolute Gasteiger partial charge is 0.243 e. The highest BCUT2D eigenvalue weighted by Crippen LogP contribution is 2.29. The van der Waals surface area contributed by atoms with Crippen LogP contribution in [0.1, 0.15) is 30.4 Å². The molecule has 1 aliphatic heterocycles. The number of rotatable bonds is 6. The summed E-state index contributed by atoms with van der Waals surface area (Å²) in [4.78, 5) is 14.6. The first-order valence-corrected chi connectivity index (χ1v) is 10.9. The Hall–Kier alpha value is -1.44. The van der Waals surface area contributed by atoms with Gasteiger partial charge in [-0.05, 0) is 62.4 Å². The number of hydrogen-bond acceptors (Lipinski definition) is 4. The Morgan fingerprint density at radius 1 is 1.23 bits per heavy atom. The molecule has 3 rings (SSSR count). The van der Waals surface area contributed by atoms with Crippen molar-refractivity contribution in [3.63, 3.8) is 0 Å². The van der Waals surface area contributed by atoms with Crippen LogP contribution in [0.2, 0.25) is 0 Å². The van der Waals surface area contributed by atoms with Gasteiger partial charge in [0.2, 0.25) is 15.9 Å². The third kappa shape index (κ3) is 3.94. The Bertz CT molecular complexity index is 755. The van der Waals surface area contributed by atoms with Crippen LogP contribution in [-0.4, -0.2) is 63.8 Å². The minimum absolute atomic E-state index is 0.0803. The van der Waals surface area contributed by atoms with Gasteiger partial charge in [0.05, 0.1) is 4.90 Å². The molecular weight excluding hydrogens is 350 g/mol. The van der Waals surface area contributed by atoms with Crippen molar-refractivity contribution in [1.29, 1.82) is 0 Å². The highest BCUT2D eigenvalue weighted by atomic mass is 32.2. The van der Waals surface area contributed by atoms with Gasteiger partial charge < -0.3 is 10.2 Å². The molecule has 0 atom stereocenters. The zero-order valence-electron chi connectivity index (χ0n) is 15.7. The SMILES string of the molecule is CNCCN(C)C(=O)C1CCN(S(=O)(=O)c2ccc3c(c2)CCC3)CC1. The minimum Gasteiger partial charge on any atom is -0.344 e. The summed E-state index contributed by atoms with van der Waals surface area (Å²) in [5.41, 5.74) is 2.44. The van der Waals surface area contributed by atoms with Crippen LogP contribution in [0.25, 0.3) is 0 Å². The van der Waals surface area contributed by atoms with Crippen LogP contribution < -0.4 is 5.32 Å². The van der Waals surface area contributed by atoms with Gasteiger partial charge in [0.15, 0.2) is 0 Å². The number of likely N-dealkylation sites (N-methyl/N-ethyl adjacent to an activating group) is 2. The number of aryl methyl sites for hydroxylation is 2. The summed E-state index contributed by atoms with van der Waals surface area (Å²) in [6.07, 6.45) is 4.30. The summed E-state index contributed by atoms with van der Waals surface area (Å²) in [5.74, 6) is 0.0400. The van der Waals surface area contributed by atoms with Crippen LogP contribution in [0.15, 0.2) is 23.1 Å². The molecular formula is C19H29N3O3S. The van der Waals surface area contributed by atoms with E-state index in [-0.39, 0.29) is 11.8 Å². The van der Waals surface area contributed by atoms with Crippen molar-refractivity contribution >= 4 is 15.9 Å². The summed E-state index contributed by atoms with van der Waals surface area (Å²) in [6, 6.07) is 5.55. The molecule has 7 heteroatoms. The normalized spacial score (nSPS) is 18.7. The summed E-state index contributed by atoms with van der Waals surface area (Å²) in [5, 5.41) is 3.04. The number of sulfonamides is 1. The Balaban J connectivity index is 1.63. The molecule has 1 aliphatic carbocycles. The summed E-state index contributed by atoms with van der Waals surface area (Å²) in [6.45, 7) is 2.25. The van der Waals surface area contributed by atoms with Crippen molar-refractivity contribution in [3.8, 4) is 0 Å². The zero-order chi connectivity index (χ0) is 18.7. The van der Waals surface area contributed by atoms with Gasteiger partial charge in [0.25, 0.3) is 0 Å². The van der Waals surface area contributed by atoms with E-state index in [0.717, 1.165) is 25.8 Å². The van der Waals surface area contributed by atoms with Crippen LogP contribution >= 0.6 is 0 Å². The number of amides is 1. The first-order valence-electron chi connectivity index (χ1n) is 9.45. The Morgan fingerprint density at radius 3 is 2.62 bits per heavy atom. The molecule has 0 aromatic heterocycles. The topological polar surface area (TPSA) is 69.7 Å². The monoisotopic (exact) mass is 379 g/mol. The van der Waals surface area contributed by atoms with Gasteiger partial charge in [-0.2, -0.15) is 4.31 Å². The van der Waals surface area contributed by atoms with Crippen LogP contribution in [-0.2, 0) is 27.7 Å². The highest BCUT2D eigenvalue weighted by molar-refractivity contribution is 7.89. The van der Waals surface area contributed by atoms with E-state index >= 15 is 0 Å². The van der Waals surface area contributed by atoms with E-state index in [1.54, 1.807) is 15.3 Å². The number of hydrogen-bond donors (Lipinski definition) is 1. The number of benzene rings is 1. The maximum Gasteiger partial charge on any atom is 0.243 e. The van der Waals surface area contributed by atoms with E-state index < -0.39 is 10.0 Å². The van der Waals surface area contributed by atoms with E-state index in [2.05, 4.69) is 5.32 Å². The molecule has 0 radical (unpaired) electrons. The molecule has 1 amide bonds. The van der Waals surface area contributed by atoms with Crippen molar-refractivity contribution in [1.82, 2.24) is 14.5 Å². The Labute approximate surface area is 156 Å². The minimum atomic E-state index is -3.47. The number of nitrogens with one attached hydrogen (secondary N) is 1. The second-order valence-corrected chi connectivity index (χ2v) is 9.26. The maximum atomic E-state index is 13.0. The summed E-state index contributed by atoms with van der Waals surface area (Å²) < 4.78 is 27.5. The quantitative estimate of drug-likeness (QED) is 0.808. The van der Waals surface area contributed by atoms with Crippen LogP contribution in [0.5, 0.6) is 0 Å². The first-order chi connectivity index (χ1) is 12.4. The highest BCUT2D eigenvalue weighted by Gasteiger charge is 2.33. The number of fused-ring (bicyclic) bond motifs is 1. The second-order valence-electron chi connectivity index (χ2n) is 7.33. The maximum absolute atomic E-state index is 13.0. The van der Waals surface area contributed by atoms with Crippen molar-refractivity contribution in [2.24, 2.45) is 5.92 Å². The number of carbonyl (C=O) groups is 1. The van der Waals surface area contributed by atoms with Gasteiger partial charge in [-0.25, -0.2) is 8.42 Å². The fourth-order valence-corrected chi connectivity index (χ4v) is 5.42. The molecule has 144 valence electrons. The van der Waals surface area contributed by atoms with Gasteiger partial charge in [0, 0.05) is 39.1 Å². The average molecular weight is 380 g/mol. The van der Waals surface area contributed by atoms with E-state index in [0.29, 0.717) is 37.4 Å². The molecule has 0 unspecified atom stereocenters. The average Bonchev–Trinajstić information content (AvgIpc) is 3.13. The lowest BCUT2D eigenvalue weighted by Crippen LogP contribution is -2.44. The van der Waals surface area contributed by atoms with E-state index in [4.69, 9.17) is 0 Å². The van der Waals surface area contributed by atoms with Gasteiger partial charge >= 0.3 is 0 Å². The first kappa shape index (κ1) is 19.3. The lowest BCUT2D eigenvalue weighted by Gasteiger charge is -2.32. The molecule has 1 aromatic rings. The molecule has 0 spiro atoms. The lowest BCUT2D eigenvalue weighted by atomic mass is 9.97. The third-order valence-electron chi connectivity index (χ3n) is 5.58. The van der Waals surface area contributed by atoms with E-state index in [1.807, 2.05) is 26.2 Å². The van der Waals surface area contributed by atoms with Gasteiger partial charge in [-0.3, -0.25) is 4.79 Å². The van der Waals surface area contributed by atoms with Crippen LogP contribution in [0.3, 0.4) is 0 Å². The molecule has 0 saturated carbocycles. The van der Waals surface area contributed by atoms with Crippen molar-refractivity contribution in [3.05, 3.63) is 29.3 Å². The van der Waals surface area contributed by atoms with E-state index in [9.17, 15) is 13.2 Å². The predicted molar refractivity (Wildman–Crippen MR) is 102 cm³/mol. The standard InChI is InChI=1S/C19H29N3O3S/c1-20-10-13-21(2)19(23)16-8-11-22(12-9-16)26(24,25)18-7-6-15-4-3-5-17(15)14-18/h6-7,14,16,20H,3-5,8-13H2,1-2H3. The molecule has 2 aliphatic rings. The van der Waals surface area contributed by atoms with Crippen LogP contribution in [0, 0.1) is 5.92 Å². The summed E-state index contributed by atoms with van der Waals surface area (Å²) >= 11 is 0. The molecule has 0 bridgehead atoms. The fraction of sp³-hybridized carbons (Fsp3) is 0.632. The zero-order valence-corrected chi connectivity index (χ0v) is 16.5. The predicted octanol–water partition coefficient (Wildman–Crippen LogP) is 1.25.